The molecule has 2 fully saturated rings. The van der Waals surface area contributed by atoms with Gasteiger partial charge in [0.15, 0.2) is 0 Å². The van der Waals surface area contributed by atoms with Crippen LogP contribution in [0.3, 0.4) is 0 Å². The molecule has 1 aromatic rings. The van der Waals surface area contributed by atoms with E-state index in [1.165, 1.54) is 36.8 Å². The van der Waals surface area contributed by atoms with Gasteiger partial charge in [0, 0.05) is 5.56 Å². The molecule has 5 aliphatic rings. The fourth-order valence-electron chi connectivity index (χ4n) is 8.05. The molecule has 4 aliphatic carbocycles. The third-order valence-corrected chi connectivity index (χ3v) is 9.77. The van der Waals surface area contributed by atoms with Gasteiger partial charge in [-0.3, -0.25) is 4.99 Å². The van der Waals surface area contributed by atoms with Crippen LogP contribution in [0.5, 0.6) is 0 Å². The standard InChI is InChI=1S/C27H34N2O/c1-26-11-9-19(30)14-18(26)4-6-21-23-8-7-22(27(23,2)12-10-24(21)26)16-3-5-20-17(13-16)15-29-25(20)28/h3-5,7,13,19,21,23-24,30H,6,8-12,14-15H2,1-2H3,(H2,28,29)/t19-,21+,23+,24+,26+,27-/m1/s1. The lowest BCUT2D eigenvalue weighted by Crippen LogP contribution is -2.49. The highest BCUT2D eigenvalue weighted by Gasteiger charge is 2.56. The monoisotopic (exact) mass is 402 g/mol. The van der Waals surface area contributed by atoms with E-state index >= 15 is 0 Å². The Balaban J connectivity index is 1.32. The molecule has 0 aromatic heterocycles. The van der Waals surface area contributed by atoms with Gasteiger partial charge >= 0.3 is 0 Å². The fourth-order valence-corrected chi connectivity index (χ4v) is 8.05. The van der Waals surface area contributed by atoms with Crippen LogP contribution in [0, 0.1) is 28.6 Å². The van der Waals surface area contributed by atoms with Crippen molar-refractivity contribution in [2.45, 2.75) is 71.4 Å². The summed E-state index contributed by atoms with van der Waals surface area (Å²) < 4.78 is 0. The molecule has 0 spiro atoms. The minimum atomic E-state index is -0.118. The maximum absolute atomic E-state index is 10.2. The van der Waals surface area contributed by atoms with Gasteiger partial charge in [-0.05, 0) is 96.3 Å². The van der Waals surface area contributed by atoms with Crippen molar-refractivity contribution in [3.05, 3.63) is 52.6 Å². The molecule has 0 bridgehead atoms. The Bertz CT molecular complexity index is 1000. The molecule has 1 aliphatic heterocycles. The van der Waals surface area contributed by atoms with Gasteiger partial charge < -0.3 is 10.8 Å². The van der Waals surface area contributed by atoms with Crippen LogP contribution in [0.15, 0.2) is 40.9 Å². The number of fused-ring (bicyclic) bond motifs is 6. The molecule has 3 N–H and O–H groups in total. The van der Waals surface area contributed by atoms with E-state index in [9.17, 15) is 5.11 Å². The van der Waals surface area contributed by atoms with E-state index in [1.54, 1.807) is 11.1 Å². The molecule has 0 unspecified atom stereocenters. The van der Waals surface area contributed by atoms with Crippen LogP contribution >= 0.6 is 0 Å². The minimum absolute atomic E-state index is 0.118. The van der Waals surface area contributed by atoms with Gasteiger partial charge in [-0.1, -0.05) is 43.7 Å². The molecular weight excluding hydrogens is 368 g/mol. The zero-order valence-corrected chi connectivity index (χ0v) is 18.3. The molecule has 6 rings (SSSR count). The number of aliphatic hydroxyl groups excluding tert-OH is 1. The van der Waals surface area contributed by atoms with Gasteiger partial charge in [-0.15, -0.1) is 0 Å². The van der Waals surface area contributed by atoms with Crippen molar-refractivity contribution in [3.8, 4) is 0 Å². The first kappa shape index (κ1) is 18.9. The molecule has 3 nitrogen and oxygen atoms in total. The summed E-state index contributed by atoms with van der Waals surface area (Å²) in [7, 11) is 0. The number of aliphatic imine (C=N–C) groups is 1. The molecule has 158 valence electrons. The highest BCUT2D eigenvalue weighted by atomic mass is 16.3. The van der Waals surface area contributed by atoms with E-state index in [1.807, 2.05) is 0 Å². The van der Waals surface area contributed by atoms with Crippen LogP contribution in [0.1, 0.15) is 75.5 Å². The Hall–Kier alpha value is -1.87. The van der Waals surface area contributed by atoms with Crippen molar-refractivity contribution in [2.75, 3.05) is 0 Å². The molecule has 6 atom stereocenters. The summed E-state index contributed by atoms with van der Waals surface area (Å²) in [6.07, 6.45) is 13.0. The normalized spacial score (nSPS) is 41.8. The summed E-state index contributed by atoms with van der Waals surface area (Å²) in [6.45, 7) is 5.78. The van der Waals surface area contributed by atoms with Crippen molar-refractivity contribution in [1.82, 2.24) is 0 Å². The van der Waals surface area contributed by atoms with Crippen LogP contribution < -0.4 is 5.73 Å². The SMILES string of the molecule is C[C@]12CC[C@@H](O)CC1=CC[C@@H]1[C@@H]2CC[C@]2(C)C(c3ccc4c(c3)CN=C4N)=CC[C@@H]12. The van der Waals surface area contributed by atoms with E-state index in [2.05, 4.69) is 49.2 Å². The Kier molecular flexibility index (Phi) is 3.98. The molecule has 3 heteroatoms. The maximum atomic E-state index is 10.2. The summed E-state index contributed by atoms with van der Waals surface area (Å²) in [6, 6.07) is 6.82. The summed E-state index contributed by atoms with van der Waals surface area (Å²) >= 11 is 0. The minimum Gasteiger partial charge on any atom is -0.393 e. The summed E-state index contributed by atoms with van der Waals surface area (Å²) in [5.74, 6) is 2.98. The second kappa shape index (κ2) is 6.32. The number of hydrogen-bond acceptors (Lipinski definition) is 3. The summed E-state index contributed by atoms with van der Waals surface area (Å²) in [5.41, 5.74) is 13.6. The summed E-state index contributed by atoms with van der Waals surface area (Å²) in [4.78, 5) is 4.43. The smallest absolute Gasteiger partial charge is 0.126 e. The Morgan fingerprint density at radius 2 is 1.87 bits per heavy atom. The van der Waals surface area contributed by atoms with Gasteiger partial charge in [0.25, 0.3) is 0 Å². The first-order chi connectivity index (χ1) is 14.4. The van der Waals surface area contributed by atoms with Crippen LogP contribution in [0.2, 0.25) is 0 Å². The fraction of sp³-hybridized carbons (Fsp3) is 0.593. The van der Waals surface area contributed by atoms with Crippen LogP contribution in [0.4, 0.5) is 0 Å². The van der Waals surface area contributed by atoms with Crippen molar-refractivity contribution < 1.29 is 5.11 Å². The molecule has 0 radical (unpaired) electrons. The van der Waals surface area contributed by atoms with E-state index in [0.717, 1.165) is 49.1 Å². The number of aliphatic hydroxyl groups is 1. The third kappa shape index (κ3) is 2.45. The van der Waals surface area contributed by atoms with Gasteiger partial charge in [0.2, 0.25) is 0 Å². The number of rotatable bonds is 1. The second-order valence-electron chi connectivity index (χ2n) is 11.0. The molecule has 2 saturated carbocycles. The Morgan fingerprint density at radius 3 is 2.73 bits per heavy atom. The van der Waals surface area contributed by atoms with Gasteiger partial charge in [0.1, 0.15) is 5.84 Å². The average molecular weight is 403 g/mol. The number of nitrogens with two attached hydrogens (primary N) is 1. The number of benzene rings is 1. The number of hydrogen-bond donors (Lipinski definition) is 2. The largest absolute Gasteiger partial charge is 0.393 e. The second-order valence-corrected chi connectivity index (χ2v) is 11.0. The van der Waals surface area contributed by atoms with Gasteiger partial charge in [-0.25, -0.2) is 0 Å². The molecule has 1 heterocycles. The van der Waals surface area contributed by atoms with Crippen LogP contribution in [-0.4, -0.2) is 17.0 Å². The number of amidine groups is 1. The highest BCUT2D eigenvalue weighted by molar-refractivity contribution is 6.01. The number of allylic oxidation sites excluding steroid dienone is 3. The average Bonchev–Trinajstić information content (AvgIpc) is 3.28. The van der Waals surface area contributed by atoms with Crippen molar-refractivity contribution in [3.63, 3.8) is 0 Å². The third-order valence-electron chi connectivity index (χ3n) is 9.77. The zero-order chi connectivity index (χ0) is 20.7. The molecule has 0 amide bonds. The molecule has 1 aromatic carbocycles. The Labute approximate surface area is 180 Å². The predicted molar refractivity (Wildman–Crippen MR) is 122 cm³/mol. The topological polar surface area (TPSA) is 58.6 Å². The van der Waals surface area contributed by atoms with Crippen molar-refractivity contribution >= 4 is 11.4 Å². The van der Waals surface area contributed by atoms with E-state index in [0.29, 0.717) is 11.3 Å². The quantitative estimate of drug-likeness (QED) is 0.633. The van der Waals surface area contributed by atoms with Gasteiger partial charge in [0.05, 0.1) is 12.6 Å². The summed E-state index contributed by atoms with van der Waals surface area (Å²) in [5, 5.41) is 10.2. The first-order valence-corrected chi connectivity index (χ1v) is 11.9. The van der Waals surface area contributed by atoms with Crippen LogP contribution in [0.25, 0.3) is 5.57 Å². The molecule has 30 heavy (non-hydrogen) atoms. The lowest BCUT2D eigenvalue weighted by molar-refractivity contribution is -0.0238. The van der Waals surface area contributed by atoms with Crippen molar-refractivity contribution in [1.29, 1.82) is 0 Å². The van der Waals surface area contributed by atoms with E-state index in [4.69, 9.17) is 5.73 Å². The number of nitrogens with zero attached hydrogens (tertiary/aromatic N) is 1. The molecule has 0 saturated heterocycles. The Morgan fingerprint density at radius 1 is 1.03 bits per heavy atom. The first-order valence-electron chi connectivity index (χ1n) is 11.9. The predicted octanol–water partition coefficient (Wildman–Crippen LogP) is 5.22. The van der Waals surface area contributed by atoms with Crippen LogP contribution in [-0.2, 0) is 6.54 Å². The lowest BCUT2D eigenvalue weighted by atomic mass is 9.47. The zero-order valence-electron chi connectivity index (χ0n) is 18.3. The lowest BCUT2D eigenvalue weighted by Gasteiger charge is -2.57. The van der Waals surface area contributed by atoms with E-state index < -0.39 is 0 Å². The van der Waals surface area contributed by atoms with Crippen molar-refractivity contribution in [2.24, 2.45) is 39.3 Å². The maximum Gasteiger partial charge on any atom is 0.126 e. The van der Waals surface area contributed by atoms with E-state index in [-0.39, 0.29) is 11.5 Å². The molecular formula is C27H34N2O. The highest BCUT2D eigenvalue weighted by Crippen LogP contribution is 2.66. The van der Waals surface area contributed by atoms with Gasteiger partial charge in [-0.2, -0.15) is 0 Å².